The second-order valence-electron chi connectivity index (χ2n) is 6.04. The van der Waals surface area contributed by atoms with Crippen molar-refractivity contribution >= 4 is 17.7 Å². The number of ether oxygens (including phenoxy) is 1. The van der Waals surface area contributed by atoms with Gasteiger partial charge in [0.05, 0.1) is 25.7 Å². The molecule has 1 atom stereocenters. The predicted molar refractivity (Wildman–Crippen MR) is 94.0 cm³/mol. The predicted octanol–water partition coefficient (Wildman–Crippen LogP) is 1.15. The van der Waals surface area contributed by atoms with Crippen LogP contribution >= 0.6 is 11.8 Å². The lowest BCUT2D eigenvalue weighted by Crippen LogP contribution is -2.60. The Labute approximate surface area is 142 Å². The maximum atomic E-state index is 5.52. The van der Waals surface area contributed by atoms with Gasteiger partial charge in [-0.3, -0.25) is 9.89 Å². The average Bonchev–Trinajstić information content (AvgIpc) is 3.28. The van der Waals surface area contributed by atoms with Gasteiger partial charge in [0.15, 0.2) is 5.96 Å². The summed E-state index contributed by atoms with van der Waals surface area (Å²) in [4.78, 5) is 6.94. The fourth-order valence-electron chi connectivity index (χ4n) is 3.18. The van der Waals surface area contributed by atoms with Gasteiger partial charge in [0.25, 0.3) is 0 Å². The summed E-state index contributed by atoms with van der Waals surface area (Å²) < 4.78 is 10.6. The quantitative estimate of drug-likeness (QED) is 0.620. The molecule has 0 amide bonds. The molecule has 7 heteroatoms. The van der Waals surface area contributed by atoms with Crippen molar-refractivity contribution in [2.75, 3.05) is 51.4 Å². The molecule has 2 aliphatic rings. The zero-order valence-corrected chi connectivity index (χ0v) is 14.5. The molecule has 1 aromatic rings. The Morgan fingerprint density at radius 2 is 2.26 bits per heavy atom. The van der Waals surface area contributed by atoms with E-state index in [2.05, 4.69) is 32.3 Å². The molecule has 3 heterocycles. The molecule has 23 heavy (non-hydrogen) atoms. The Morgan fingerprint density at radius 1 is 1.39 bits per heavy atom. The minimum Gasteiger partial charge on any atom is -0.472 e. The van der Waals surface area contributed by atoms with E-state index in [9.17, 15) is 0 Å². The molecular formula is C16H26N4O2S. The average molecular weight is 338 g/mol. The molecular weight excluding hydrogens is 312 g/mol. The number of nitrogens with zero attached hydrogens (tertiary/aromatic N) is 2. The second-order valence-corrected chi connectivity index (χ2v) is 7.14. The Morgan fingerprint density at radius 3 is 2.91 bits per heavy atom. The highest BCUT2D eigenvalue weighted by atomic mass is 32.2. The zero-order chi connectivity index (χ0) is 16.0. The molecule has 3 rings (SSSR count). The van der Waals surface area contributed by atoms with Crippen molar-refractivity contribution in [1.29, 1.82) is 0 Å². The summed E-state index contributed by atoms with van der Waals surface area (Å²) >= 11 is 2.05. The van der Waals surface area contributed by atoms with Gasteiger partial charge in [-0.15, -0.1) is 0 Å². The van der Waals surface area contributed by atoms with Crippen molar-refractivity contribution in [3.63, 3.8) is 0 Å². The van der Waals surface area contributed by atoms with Crippen LogP contribution in [0.2, 0.25) is 0 Å². The third-order valence-electron chi connectivity index (χ3n) is 4.61. The minimum absolute atomic E-state index is 0.224. The number of thioether (sulfide) groups is 1. The summed E-state index contributed by atoms with van der Waals surface area (Å²) in [6, 6.07) is 1.96. The Hall–Kier alpha value is -1.18. The minimum atomic E-state index is 0.224. The van der Waals surface area contributed by atoms with E-state index in [4.69, 9.17) is 9.15 Å². The Bertz CT molecular complexity index is 494. The molecule has 0 saturated carbocycles. The Balaban J connectivity index is 1.54. The molecule has 0 aromatic carbocycles. The molecule has 0 spiro atoms. The van der Waals surface area contributed by atoms with Crippen LogP contribution in [0.25, 0.3) is 0 Å². The van der Waals surface area contributed by atoms with Gasteiger partial charge in [-0.1, -0.05) is 0 Å². The van der Waals surface area contributed by atoms with E-state index in [-0.39, 0.29) is 5.54 Å². The van der Waals surface area contributed by atoms with E-state index in [1.165, 1.54) is 17.9 Å². The van der Waals surface area contributed by atoms with Crippen molar-refractivity contribution in [3.05, 3.63) is 24.2 Å². The maximum Gasteiger partial charge on any atom is 0.191 e. The summed E-state index contributed by atoms with van der Waals surface area (Å²) in [7, 11) is 1.81. The van der Waals surface area contributed by atoms with Crippen LogP contribution in [0.4, 0.5) is 0 Å². The van der Waals surface area contributed by atoms with Crippen LogP contribution in [-0.2, 0) is 11.3 Å². The highest BCUT2D eigenvalue weighted by Crippen LogP contribution is 2.33. The van der Waals surface area contributed by atoms with Gasteiger partial charge in [-0.25, -0.2) is 0 Å². The first kappa shape index (κ1) is 16.7. The smallest absolute Gasteiger partial charge is 0.191 e. The van der Waals surface area contributed by atoms with E-state index in [1.54, 1.807) is 12.5 Å². The van der Waals surface area contributed by atoms with Gasteiger partial charge in [0.2, 0.25) is 0 Å². The van der Waals surface area contributed by atoms with E-state index < -0.39 is 0 Å². The summed E-state index contributed by atoms with van der Waals surface area (Å²) in [5.41, 5.74) is 1.34. The summed E-state index contributed by atoms with van der Waals surface area (Å²) in [5, 5.41) is 6.87. The number of furan rings is 1. The lowest BCUT2D eigenvalue weighted by atomic mass is 9.95. The van der Waals surface area contributed by atoms with Crippen LogP contribution in [0, 0.1) is 0 Å². The summed E-state index contributed by atoms with van der Waals surface area (Å²) in [5.74, 6) is 3.26. The highest BCUT2D eigenvalue weighted by molar-refractivity contribution is 7.99. The number of rotatable bonds is 5. The molecule has 2 aliphatic heterocycles. The first-order valence-corrected chi connectivity index (χ1v) is 9.34. The third-order valence-corrected chi connectivity index (χ3v) is 5.85. The van der Waals surface area contributed by atoms with Crippen LogP contribution in [0.5, 0.6) is 0 Å². The second kappa shape index (κ2) is 8.08. The van der Waals surface area contributed by atoms with Crippen LogP contribution in [0.1, 0.15) is 12.0 Å². The zero-order valence-electron chi connectivity index (χ0n) is 13.7. The summed E-state index contributed by atoms with van der Waals surface area (Å²) in [6.45, 7) is 5.40. The maximum absolute atomic E-state index is 5.52. The van der Waals surface area contributed by atoms with Crippen LogP contribution in [0.3, 0.4) is 0 Å². The number of nitrogens with one attached hydrogen (secondary N) is 2. The SMILES string of the molecule is CN=C(NCc1ccoc1)NCC1(N2CCOCC2)CCSC1. The van der Waals surface area contributed by atoms with Gasteiger partial charge >= 0.3 is 0 Å². The molecule has 0 radical (unpaired) electrons. The van der Waals surface area contributed by atoms with E-state index in [1.807, 2.05) is 13.1 Å². The molecule has 1 aromatic heterocycles. The highest BCUT2D eigenvalue weighted by Gasteiger charge is 2.40. The van der Waals surface area contributed by atoms with E-state index in [0.717, 1.165) is 50.9 Å². The van der Waals surface area contributed by atoms with Gasteiger partial charge < -0.3 is 19.8 Å². The number of morpholine rings is 1. The molecule has 0 bridgehead atoms. The third kappa shape index (κ3) is 4.22. The van der Waals surface area contributed by atoms with Gasteiger partial charge in [0.1, 0.15) is 0 Å². The standard InChI is InChI=1S/C16H26N4O2S/c1-17-15(18-10-14-2-6-22-11-14)19-12-16(3-9-23-13-16)20-4-7-21-8-5-20/h2,6,11H,3-5,7-10,12-13H2,1H3,(H2,17,18,19). The molecule has 6 nitrogen and oxygen atoms in total. The van der Waals surface area contributed by atoms with Crippen molar-refractivity contribution in [2.24, 2.45) is 4.99 Å². The van der Waals surface area contributed by atoms with Gasteiger partial charge in [-0.05, 0) is 18.2 Å². The fraction of sp³-hybridized carbons (Fsp3) is 0.688. The molecule has 1 unspecified atom stereocenters. The van der Waals surface area contributed by atoms with Crippen molar-refractivity contribution in [3.8, 4) is 0 Å². The lowest BCUT2D eigenvalue weighted by Gasteiger charge is -2.43. The largest absolute Gasteiger partial charge is 0.472 e. The van der Waals surface area contributed by atoms with Gasteiger partial charge in [0, 0.05) is 50.1 Å². The Kier molecular flexibility index (Phi) is 5.85. The van der Waals surface area contributed by atoms with Crippen molar-refractivity contribution < 1.29 is 9.15 Å². The normalized spacial score (nSPS) is 26.4. The van der Waals surface area contributed by atoms with Crippen LogP contribution < -0.4 is 10.6 Å². The summed E-state index contributed by atoms with van der Waals surface area (Å²) in [6.07, 6.45) is 4.67. The number of hydrogen-bond acceptors (Lipinski definition) is 5. The first-order chi connectivity index (χ1) is 11.3. The number of hydrogen-bond donors (Lipinski definition) is 2. The van der Waals surface area contributed by atoms with Crippen LogP contribution in [0.15, 0.2) is 28.0 Å². The first-order valence-electron chi connectivity index (χ1n) is 8.18. The molecule has 128 valence electrons. The van der Waals surface area contributed by atoms with Crippen molar-refractivity contribution in [2.45, 2.75) is 18.5 Å². The molecule has 2 saturated heterocycles. The molecule has 2 N–H and O–H groups in total. The van der Waals surface area contributed by atoms with Crippen molar-refractivity contribution in [1.82, 2.24) is 15.5 Å². The van der Waals surface area contributed by atoms with Crippen LogP contribution in [-0.4, -0.2) is 67.8 Å². The van der Waals surface area contributed by atoms with Gasteiger partial charge in [-0.2, -0.15) is 11.8 Å². The monoisotopic (exact) mass is 338 g/mol. The number of guanidine groups is 1. The lowest BCUT2D eigenvalue weighted by molar-refractivity contribution is -0.0120. The van der Waals surface area contributed by atoms with E-state index in [0.29, 0.717) is 0 Å². The topological polar surface area (TPSA) is 62.0 Å². The number of aliphatic imine (C=N–C) groups is 1. The molecule has 0 aliphatic carbocycles. The van der Waals surface area contributed by atoms with E-state index >= 15 is 0 Å². The molecule has 2 fully saturated rings. The fourth-order valence-corrected chi connectivity index (χ4v) is 4.66.